The number of hydrogen-bond donors (Lipinski definition) is 0. The number of aldehydes is 1. The van der Waals surface area contributed by atoms with Crippen LogP contribution in [0.4, 0.5) is 0 Å². The van der Waals surface area contributed by atoms with Crippen molar-refractivity contribution in [3.05, 3.63) is 0 Å². The van der Waals surface area contributed by atoms with Crippen LogP contribution >= 0.6 is 23.5 Å². The molecule has 0 rings (SSSR count). The third-order valence-electron chi connectivity index (χ3n) is 6.65. The predicted octanol–water partition coefficient (Wildman–Crippen LogP) is 11.0. The lowest BCUT2D eigenvalue weighted by Gasteiger charge is -2.16. The molecule has 198 valence electrons. The Balaban J connectivity index is 3.59. The van der Waals surface area contributed by atoms with Crippen molar-refractivity contribution in [1.29, 1.82) is 0 Å². The lowest BCUT2D eigenvalue weighted by molar-refractivity contribution is -0.107. The van der Waals surface area contributed by atoms with Crippen LogP contribution in [0.5, 0.6) is 0 Å². The summed E-state index contributed by atoms with van der Waals surface area (Å²) in [7, 11) is 0. The third-order valence-corrected chi connectivity index (χ3v) is 9.47. The van der Waals surface area contributed by atoms with Gasteiger partial charge in [0.1, 0.15) is 6.29 Å². The lowest BCUT2D eigenvalue weighted by Crippen LogP contribution is -2.08. The van der Waals surface area contributed by atoms with E-state index in [0.29, 0.717) is 0 Å². The zero-order valence-corrected chi connectivity index (χ0v) is 24.4. The summed E-state index contributed by atoms with van der Waals surface area (Å²) in [5.74, 6) is 3.94. The normalized spacial score (nSPS) is 12.3. The maximum Gasteiger partial charge on any atom is 0.119 e. The van der Waals surface area contributed by atoms with Crippen molar-refractivity contribution in [1.82, 2.24) is 0 Å². The number of unbranched alkanes of at least 4 members (excludes halogenated alkanes) is 19. The van der Waals surface area contributed by atoms with Gasteiger partial charge in [0, 0.05) is 17.4 Å². The molecule has 0 aromatic carbocycles. The predicted molar refractivity (Wildman–Crippen MR) is 157 cm³/mol. The molecule has 0 aromatic heterocycles. The van der Waals surface area contributed by atoms with Crippen LogP contribution in [0.25, 0.3) is 0 Å². The molecule has 0 fully saturated rings. The van der Waals surface area contributed by atoms with Crippen LogP contribution in [0.3, 0.4) is 0 Å². The average molecular weight is 501 g/mol. The highest BCUT2D eigenvalue weighted by Gasteiger charge is 2.09. The molecule has 0 bridgehead atoms. The largest absolute Gasteiger partial charge is 0.303 e. The van der Waals surface area contributed by atoms with Crippen LogP contribution in [0, 0.1) is 0 Å². The van der Waals surface area contributed by atoms with Crippen LogP contribution in [0.15, 0.2) is 0 Å². The smallest absolute Gasteiger partial charge is 0.119 e. The molecule has 3 heteroatoms. The van der Waals surface area contributed by atoms with E-state index in [4.69, 9.17) is 0 Å². The van der Waals surface area contributed by atoms with E-state index in [1.54, 1.807) is 0 Å². The van der Waals surface area contributed by atoms with Crippen molar-refractivity contribution >= 4 is 29.8 Å². The summed E-state index contributed by atoms with van der Waals surface area (Å²) < 4.78 is 0. The SMILES string of the molecule is CCCCCCCCCCCCSCC(CCCC=O)SCCCCCCCCCCCC. The highest BCUT2D eigenvalue weighted by molar-refractivity contribution is 8.03. The van der Waals surface area contributed by atoms with Crippen molar-refractivity contribution in [2.24, 2.45) is 0 Å². The first-order valence-electron chi connectivity index (χ1n) is 15.0. The summed E-state index contributed by atoms with van der Waals surface area (Å²) in [5.41, 5.74) is 0. The minimum atomic E-state index is 0.748. The second kappa shape index (κ2) is 30.4. The highest BCUT2D eigenvalue weighted by Crippen LogP contribution is 2.24. The highest BCUT2D eigenvalue weighted by atomic mass is 32.2. The fourth-order valence-electron chi connectivity index (χ4n) is 4.39. The molecular weight excluding hydrogens is 440 g/mol. The second-order valence-corrected chi connectivity index (χ2v) is 12.6. The number of rotatable bonds is 29. The van der Waals surface area contributed by atoms with Gasteiger partial charge in [0.2, 0.25) is 0 Å². The monoisotopic (exact) mass is 500 g/mol. The molecule has 1 unspecified atom stereocenters. The van der Waals surface area contributed by atoms with E-state index in [1.165, 1.54) is 152 Å². The molecule has 0 spiro atoms. The van der Waals surface area contributed by atoms with Crippen molar-refractivity contribution < 1.29 is 4.79 Å². The first-order chi connectivity index (χ1) is 16.3. The Morgan fingerprint density at radius 1 is 0.545 bits per heavy atom. The molecule has 1 atom stereocenters. The van der Waals surface area contributed by atoms with Gasteiger partial charge >= 0.3 is 0 Å². The zero-order valence-electron chi connectivity index (χ0n) is 22.8. The van der Waals surface area contributed by atoms with Gasteiger partial charge in [-0.15, -0.1) is 0 Å². The summed E-state index contributed by atoms with van der Waals surface area (Å²) in [6, 6.07) is 0. The van der Waals surface area contributed by atoms with Gasteiger partial charge in [-0.3, -0.25) is 0 Å². The molecule has 0 aliphatic rings. The standard InChI is InChI=1S/C30H60OS2/c1-3-5-7-9-11-13-15-17-19-23-27-32-29-30(25-21-22-26-31)33-28-24-20-18-16-14-12-10-8-6-4-2/h26,30H,3-25,27-29H2,1-2H3. The van der Waals surface area contributed by atoms with Crippen LogP contribution in [0.2, 0.25) is 0 Å². The Morgan fingerprint density at radius 3 is 1.42 bits per heavy atom. The van der Waals surface area contributed by atoms with E-state index in [2.05, 4.69) is 37.4 Å². The van der Waals surface area contributed by atoms with Crippen LogP contribution in [0.1, 0.15) is 162 Å². The van der Waals surface area contributed by atoms with Gasteiger partial charge in [0.15, 0.2) is 0 Å². The molecule has 0 aliphatic heterocycles. The van der Waals surface area contributed by atoms with E-state index < -0.39 is 0 Å². The number of carbonyl (C=O) groups excluding carboxylic acids is 1. The molecule has 0 radical (unpaired) electrons. The van der Waals surface area contributed by atoms with Gasteiger partial charge in [-0.05, 0) is 37.2 Å². The van der Waals surface area contributed by atoms with Gasteiger partial charge in [0.25, 0.3) is 0 Å². The zero-order chi connectivity index (χ0) is 24.1. The fourth-order valence-corrected chi connectivity index (χ4v) is 7.10. The van der Waals surface area contributed by atoms with Gasteiger partial charge in [-0.1, -0.05) is 129 Å². The topological polar surface area (TPSA) is 17.1 Å². The van der Waals surface area contributed by atoms with E-state index in [9.17, 15) is 4.79 Å². The Hall–Kier alpha value is 0.370. The summed E-state index contributed by atoms with van der Waals surface area (Å²) in [4.78, 5) is 10.7. The van der Waals surface area contributed by atoms with E-state index >= 15 is 0 Å². The minimum absolute atomic E-state index is 0.748. The quantitative estimate of drug-likeness (QED) is 0.0750. The molecule has 33 heavy (non-hydrogen) atoms. The lowest BCUT2D eigenvalue weighted by atomic mass is 10.1. The molecule has 0 amide bonds. The first kappa shape index (κ1) is 33.4. The number of hydrogen-bond acceptors (Lipinski definition) is 3. The van der Waals surface area contributed by atoms with Crippen LogP contribution < -0.4 is 0 Å². The molecule has 0 aromatic rings. The van der Waals surface area contributed by atoms with Gasteiger partial charge < -0.3 is 4.79 Å². The molecule has 0 aliphatic carbocycles. The molecule has 1 nitrogen and oxygen atoms in total. The average Bonchev–Trinajstić information content (AvgIpc) is 2.82. The summed E-state index contributed by atoms with van der Waals surface area (Å²) >= 11 is 4.37. The summed E-state index contributed by atoms with van der Waals surface area (Å²) in [6.45, 7) is 4.59. The van der Waals surface area contributed by atoms with Crippen molar-refractivity contribution in [2.75, 3.05) is 17.3 Å². The van der Waals surface area contributed by atoms with E-state index in [1.807, 2.05) is 0 Å². The minimum Gasteiger partial charge on any atom is -0.303 e. The second-order valence-electron chi connectivity index (χ2n) is 10.0. The maximum absolute atomic E-state index is 10.7. The van der Waals surface area contributed by atoms with Gasteiger partial charge in [0.05, 0.1) is 0 Å². The maximum atomic E-state index is 10.7. The summed E-state index contributed by atoms with van der Waals surface area (Å²) in [6.07, 6.45) is 32.6. The van der Waals surface area contributed by atoms with Crippen LogP contribution in [-0.2, 0) is 4.79 Å². The third kappa shape index (κ3) is 28.5. The summed E-state index contributed by atoms with van der Waals surface area (Å²) in [5, 5.41) is 0.761. The van der Waals surface area contributed by atoms with Crippen molar-refractivity contribution in [3.63, 3.8) is 0 Å². The molecule has 0 N–H and O–H groups in total. The Morgan fingerprint density at radius 2 is 0.970 bits per heavy atom. The van der Waals surface area contributed by atoms with Crippen LogP contribution in [-0.4, -0.2) is 28.8 Å². The molecule has 0 saturated carbocycles. The van der Waals surface area contributed by atoms with Crippen molar-refractivity contribution in [2.45, 2.75) is 167 Å². The van der Waals surface area contributed by atoms with E-state index in [-0.39, 0.29) is 0 Å². The number of carbonyl (C=O) groups is 1. The Labute approximate surface area is 218 Å². The Bertz CT molecular complexity index is 361. The first-order valence-corrected chi connectivity index (χ1v) is 17.2. The van der Waals surface area contributed by atoms with Crippen molar-refractivity contribution in [3.8, 4) is 0 Å². The Kier molecular flexibility index (Phi) is 30.7. The van der Waals surface area contributed by atoms with Gasteiger partial charge in [-0.25, -0.2) is 0 Å². The van der Waals surface area contributed by atoms with E-state index in [0.717, 1.165) is 24.4 Å². The molecular formula is C30H60OS2. The fraction of sp³-hybridized carbons (Fsp3) is 0.967. The molecule has 0 saturated heterocycles. The molecule has 0 heterocycles. The van der Waals surface area contributed by atoms with Gasteiger partial charge in [-0.2, -0.15) is 23.5 Å². The number of thioether (sulfide) groups is 2.